The lowest BCUT2D eigenvalue weighted by Gasteiger charge is -2.15. The van der Waals surface area contributed by atoms with Gasteiger partial charge in [-0.15, -0.1) is 0 Å². The van der Waals surface area contributed by atoms with Crippen molar-refractivity contribution in [2.24, 2.45) is 11.5 Å². The molecule has 41 heavy (non-hydrogen) atoms. The van der Waals surface area contributed by atoms with Crippen LogP contribution in [0, 0.1) is 0 Å². The van der Waals surface area contributed by atoms with Crippen molar-refractivity contribution in [3.05, 3.63) is 77.6 Å². The molecule has 10 nitrogen and oxygen atoms in total. The van der Waals surface area contributed by atoms with E-state index in [0.29, 0.717) is 32.3 Å². The van der Waals surface area contributed by atoms with E-state index in [0.717, 1.165) is 77.4 Å². The van der Waals surface area contributed by atoms with Gasteiger partial charge in [0.2, 0.25) is 0 Å². The van der Waals surface area contributed by atoms with E-state index in [4.69, 9.17) is 21.3 Å². The number of nitrogens with zero attached hydrogens (tertiary/aromatic N) is 5. The van der Waals surface area contributed by atoms with E-state index >= 15 is 0 Å². The van der Waals surface area contributed by atoms with Crippen LogP contribution in [0.5, 0.6) is 5.75 Å². The smallest absolute Gasteiger partial charge is 0.119 e. The Morgan fingerprint density at radius 2 is 1.54 bits per heavy atom. The van der Waals surface area contributed by atoms with Crippen LogP contribution in [-0.4, -0.2) is 81.3 Å². The molecule has 1 fully saturated rings. The van der Waals surface area contributed by atoms with Crippen LogP contribution < -0.4 is 16.2 Å². The first-order valence-corrected chi connectivity index (χ1v) is 14.3. The summed E-state index contributed by atoms with van der Waals surface area (Å²) in [6.45, 7) is 4.62. The molecule has 0 amide bonds. The number of ether oxygens (including phenoxy) is 1. The number of rotatable bonds is 15. The van der Waals surface area contributed by atoms with Crippen LogP contribution in [0.4, 0.5) is 0 Å². The molecule has 10 heteroatoms. The van der Waals surface area contributed by atoms with E-state index in [1.165, 1.54) is 0 Å². The number of likely N-dealkylation sites (N-methyl/N-ethyl adjacent to an activating group) is 2. The Labute approximate surface area is 241 Å². The third kappa shape index (κ3) is 7.60. The molecule has 0 aliphatic heterocycles. The Morgan fingerprint density at radius 1 is 0.927 bits per heavy atom. The highest BCUT2D eigenvalue weighted by Gasteiger charge is 2.23. The zero-order valence-electron chi connectivity index (χ0n) is 24.0. The molecule has 0 radical (unpaired) electrons. The summed E-state index contributed by atoms with van der Waals surface area (Å²) >= 11 is 0. The van der Waals surface area contributed by atoms with Gasteiger partial charge in [-0.3, -0.25) is 9.78 Å². The lowest BCUT2D eigenvalue weighted by molar-refractivity contribution is 0.151. The number of benzene rings is 2. The predicted molar refractivity (Wildman–Crippen MR) is 161 cm³/mol. The van der Waals surface area contributed by atoms with Crippen molar-refractivity contribution in [2.45, 2.75) is 44.7 Å². The predicted octanol–water partition coefficient (Wildman–Crippen LogP) is 3.00. The van der Waals surface area contributed by atoms with Gasteiger partial charge in [0.05, 0.1) is 30.1 Å². The molecule has 6 N–H and O–H groups in total. The van der Waals surface area contributed by atoms with E-state index in [1.807, 2.05) is 60.5 Å². The van der Waals surface area contributed by atoms with Gasteiger partial charge in [0.25, 0.3) is 0 Å². The third-order valence-electron chi connectivity index (χ3n) is 7.34. The maximum Gasteiger partial charge on any atom is 0.119 e. The molecule has 5 rings (SSSR count). The van der Waals surface area contributed by atoms with E-state index < -0.39 is 6.10 Å². The van der Waals surface area contributed by atoms with Crippen LogP contribution in [0.2, 0.25) is 0 Å². The summed E-state index contributed by atoms with van der Waals surface area (Å²) in [5, 5.41) is 23.5. The second-order valence-electron chi connectivity index (χ2n) is 11.0. The molecule has 2 heterocycles. The maximum atomic E-state index is 11.1. The molecule has 1 aliphatic carbocycles. The quantitative estimate of drug-likeness (QED) is 0.175. The number of hydrogen-bond donors (Lipinski definition) is 4. The first-order chi connectivity index (χ1) is 19.9. The number of H-pyrrole nitrogens is 1. The van der Waals surface area contributed by atoms with Crippen LogP contribution in [0.3, 0.4) is 0 Å². The standard InChI is InChI=1S/C31H42N8O2/c1-37(15-13-32)18-25-17-34-35-30(25)23-5-3-22(4-6-23)29(40)21-39-20-26(19-38(2)16-14-33)31(36-39)24-7-9-27(10-8-24)41-28-11-12-28/h3-10,17,20,28-29,40H,11-16,18-19,21,32-33H2,1-2H3,(H,34,35). The average molecular weight is 559 g/mol. The van der Waals surface area contributed by atoms with Crippen LogP contribution in [-0.2, 0) is 19.6 Å². The molecule has 1 atom stereocenters. The summed E-state index contributed by atoms with van der Waals surface area (Å²) in [4.78, 5) is 4.35. The molecule has 0 saturated heterocycles. The Hall–Kier alpha value is -3.54. The summed E-state index contributed by atoms with van der Waals surface area (Å²) in [7, 11) is 4.10. The van der Waals surface area contributed by atoms with Gasteiger partial charge < -0.3 is 31.1 Å². The second-order valence-corrected chi connectivity index (χ2v) is 11.0. The lowest BCUT2D eigenvalue weighted by Crippen LogP contribution is -2.25. The molecule has 218 valence electrons. The minimum atomic E-state index is -0.713. The van der Waals surface area contributed by atoms with Gasteiger partial charge in [-0.2, -0.15) is 10.2 Å². The molecule has 1 aliphatic rings. The van der Waals surface area contributed by atoms with Gasteiger partial charge in [-0.1, -0.05) is 24.3 Å². The van der Waals surface area contributed by atoms with Crippen molar-refractivity contribution >= 4 is 0 Å². The Kier molecular flexibility index (Phi) is 9.48. The number of aromatic amines is 1. The summed E-state index contributed by atoms with van der Waals surface area (Å²) in [5.41, 5.74) is 18.3. The van der Waals surface area contributed by atoms with Crippen LogP contribution >= 0.6 is 0 Å². The number of aliphatic hydroxyl groups is 1. The van der Waals surface area contributed by atoms with Crippen LogP contribution in [0.15, 0.2) is 60.9 Å². The van der Waals surface area contributed by atoms with Crippen molar-refractivity contribution in [3.63, 3.8) is 0 Å². The van der Waals surface area contributed by atoms with Crippen molar-refractivity contribution in [2.75, 3.05) is 40.3 Å². The second kappa shape index (κ2) is 13.4. The SMILES string of the molecule is CN(CCN)Cc1c[nH]nc1-c1ccc(C(O)Cn2cc(CN(C)CCN)c(-c3ccc(OC4CC4)cc3)n2)cc1. The van der Waals surface area contributed by atoms with Gasteiger partial charge in [-0.25, -0.2) is 0 Å². The molecule has 1 saturated carbocycles. The lowest BCUT2D eigenvalue weighted by atomic mass is 10.0. The van der Waals surface area contributed by atoms with Crippen LogP contribution in [0.1, 0.15) is 35.6 Å². The van der Waals surface area contributed by atoms with Crippen molar-refractivity contribution in [1.82, 2.24) is 29.8 Å². The summed E-state index contributed by atoms with van der Waals surface area (Å²) in [6.07, 6.45) is 5.87. The first kappa shape index (κ1) is 29.0. The van der Waals surface area contributed by atoms with E-state index in [9.17, 15) is 5.11 Å². The van der Waals surface area contributed by atoms with Gasteiger partial charge >= 0.3 is 0 Å². The number of nitrogens with two attached hydrogens (primary N) is 2. The maximum absolute atomic E-state index is 11.1. The van der Waals surface area contributed by atoms with Gasteiger partial charge in [-0.05, 0) is 56.8 Å². The van der Waals surface area contributed by atoms with E-state index in [1.54, 1.807) is 0 Å². The number of aromatic nitrogens is 4. The summed E-state index contributed by atoms with van der Waals surface area (Å²) in [5.74, 6) is 0.890. The fraction of sp³-hybridized carbons (Fsp3) is 0.419. The zero-order valence-corrected chi connectivity index (χ0v) is 24.0. The minimum absolute atomic E-state index is 0.341. The largest absolute Gasteiger partial charge is 0.490 e. The number of nitrogens with one attached hydrogen (secondary N) is 1. The van der Waals surface area contributed by atoms with Gasteiger partial charge in [0, 0.05) is 73.9 Å². The molecule has 2 aromatic heterocycles. The fourth-order valence-electron chi connectivity index (χ4n) is 5.00. The topological polar surface area (TPSA) is 134 Å². The van der Waals surface area contributed by atoms with Crippen molar-refractivity contribution in [3.8, 4) is 28.3 Å². The third-order valence-corrected chi connectivity index (χ3v) is 7.34. The van der Waals surface area contributed by atoms with Crippen molar-refractivity contribution in [1.29, 1.82) is 0 Å². The van der Waals surface area contributed by atoms with Gasteiger partial charge in [0.1, 0.15) is 5.75 Å². The zero-order chi connectivity index (χ0) is 28.8. The highest BCUT2D eigenvalue weighted by molar-refractivity contribution is 5.64. The number of hydrogen-bond acceptors (Lipinski definition) is 8. The average Bonchev–Trinajstić information content (AvgIpc) is 3.51. The number of aliphatic hydroxyl groups excluding tert-OH is 1. The molecule has 2 aromatic carbocycles. The monoisotopic (exact) mass is 558 g/mol. The highest BCUT2D eigenvalue weighted by atomic mass is 16.5. The highest BCUT2D eigenvalue weighted by Crippen LogP contribution is 2.30. The molecular weight excluding hydrogens is 516 g/mol. The van der Waals surface area contributed by atoms with E-state index in [2.05, 4.69) is 39.2 Å². The normalized spacial score (nSPS) is 14.2. The Balaban J connectivity index is 1.30. The summed E-state index contributed by atoms with van der Waals surface area (Å²) in [6, 6.07) is 16.1. The fourth-order valence-corrected chi connectivity index (χ4v) is 5.00. The first-order valence-electron chi connectivity index (χ1n) is 14.3. The van der Waals surface area contributed by atoms with Crippen molar-refractivity contribution < 1.29 is 9.84 Å². The molecule has 1 unspecified atom stereocenters. The van der Waals surface area contributed by atoms with Gasteiger partial charge in [0.15, 0.2) is 0 Å². The molecule has 0 bridgehead atoms. The molecule has 4 aromatic rings. The summed E-state index contributed by atoms with van der Waals surface area (Å²) < 4.78 is 7.76. The van der Waals surface area contributed by atoms with Crippen LogP contribution in [0.25, 0.3) is 22.5 Å². The minimum Gasteiger partial charge on any atom is -0.490 e. The molecule has 0 spiro atoms. The Morgan fingerprint density at radius 3 is 2.17 bits per heavy atom. The molecular formula is C31H42N8O2. The van der Waals surface area contributed by atoms with E-state index in [-0.39, 0.29) is 0 Å². The Bertz CT molecular complexity index is 1380.